The molecule has 0 saturated carbocycles. The third-order valence-corrected chi connectivity index (χ3v) is 7.37. The maximum Gasteiger partial charge on any atom is 0.295 e. The Bertz CT molecular complexity index is 1140. The van der Waals surface area contributed by atoms with Crippen LogP contribution in [0.1, 0.15) is 63.1 Å². The SMILES string of the molecule is CCCCOc1ccc(/C(O)=C2\C(=O)C(=O)N(CCCN3CCOCC3)C2c2ccc(OCCCC)cc2)cc1. The molecule has 2 aliphatic heterocycles. The van der Waals surface area contributed by atoms with Crippen LogP contribution in [0.15, 0.2) is 54.1 Å². The van der Waals surface area contributed by atoms with Gasteiger partial charge in [-0.3, -0.25) is 14.5 Å². The summed E-state index contributed by atoms with van der Waals surface area (Å²) in [6.07, 6.45) is 4.72. The first-order valence-corrected chi connectivity index (χ1v) is 14.6. The second-order valence-electron chi connectivity index (χ2n) is 10.3. The second-order valence-corrected chi connectivity index (χ2v) is 10.3. The molecule has 2 aromatic rings. The second kappa shape index (κ2) is 14.9. The molecule has 8 nitrogen and oxygen atoms in total. The van der Waals surface area contributed by atoms with Crippen molar-refractivity contribution in [2.24, 2.45) is 0 Å². The first-order chi connectivity index (χ1) is 19.5. The first-order valence-electron chi connectivity index (χ1n) is 14.6. The fourth-order valence-electron chi connectivity index (χ4n) is 5.03. The summed E-state index contributed by atoms with van der Waals surface area (Å²) in [6, 6.07) is 13.8. The molecular formula is C32H42N2O6. The molecule has 0 spiro atoms. The summed E-state index contributed by atoms with van der Waals surface area (Å²) < 4.78 is 17.0. The number of carbonyl (C=O) groups excluding carboxylic acids is 2. The van der Waals surface area contributed by atoms with Crippen LogP contribution in [0.25, 0.3) is 5.76 Å². The highest BCUT2D eigenvalue weighted by Gasteiger charge is 2.45. The van der Waals surface area contributed by atoms with E-state index < -0.39 is 17.7 Å². The third-order valence-electron chi connectivity index (χ3n) is 7.37. The van der Waals surface area contributed by atoms with Gasteiger partial charge in [0.25, 0.3) is 11.7 Å². The third kappa shape index (κ3) is 7.43. The predicted molar refractivity (Wildman–Crippen MR) is 155 cm³/mol. The van der Waals surface area contributed by atoms with E-state index in [-0.39, 0.29) is 11.3 Å². The minimum atomic E-state index is -0.685. The summed E-state index contributed by atoms with van der Waals surface area (Å²) in [4.78, 5) is 30.6. The zero-order chi connectivity index (χ0) is 28.3. The van der Waals surface area contributed by atoms with E-state index in [0.29, 0.717) is 50.7 Å². The highest BCUT2D eigenvalue weighted by atomic mass is 16.5. The van der Waals surface area contributed by atoms with Gasteiger partial charge in [0.05, 0.1) is 38.0 Å². The molecule has 0 radical (unpaired) electrons. The summed E-state index contributed by atoms with van der Waals surface area (Å²) in [7, 11) is 0. The Morgan fingerprint density at radius 1 is 0.850 bits per heavy atom. The summed E-state index contributed by atoms with van der Waals surface area (Å²) in [6.45, 7) is 9.82. The maximum absolute atomic E-state index is 13.4. The fourth-order valence-corrected chi connectivity index (χ4v) is 5.03. The molecular weight excluding hydrogens is 508 g/mol. The monoisotopic (exact) mass is 550 g/mol. The average molecular weight is 551 g/mol. The molecule has 0 aromatic heterocycles. The minimum Gasteiger partial charge on any atom is -0.507 e. The predicted octanol–water partition coefficient (Wildman–Crippen LogP) is 5.19. The van der Waals surface area contributed by atoms with Crippen LogP contribution in [0.4, 0.5) is 0 Å². The van der Waals surface area contributed by atoms with E-state index in [9.17, 15) is 14.7 Å². The van der Waals surface area contributed by atoms with Crippen molar-refractivity contribution in [3.63, 3.8) is 0 Å². The van der Waals surface area contributed by atoms with Crippen molar-refractivity contribution in [3.05, 3.63) is 65.2 Å². The average Bonchev–Trinajstić information content (AvgIpc) is 3.23. The van der Waals surface area contributed by atoms with Crippen molar-refractivity contribution in [1.29, 1.82) is 0 Å². The minimum absolute atomic E-state index is 0.107. The van der Waals surface area contributed by atoms with E-state index in [0.717, 1.165) is 56.6 Å². The zero-order valence-electron chi connectivity index (χ0n) is 23.8. The van der Waals surface area contributed by atoms with Crippen molar-refractivity contribution in [1.82, 2.24) is 9.80 Å². The zero-order valence-corrected chi connectivity index (χ0v) is 23.8. The van der Waals surface area contributed by atoms with Crippen LogP contribution < -0.4 is 9.47 Å². The Morgan fingerprint density at radius 2 is 1.43 bits per heavy atom. The van der Waals surface area contributed by atoms with Crippen molar-refractivity contribution in [2.75, 3.05) is 52.6 Å². The molecule has 2 heterocycles. The molecule has 4 rings (SSSR count). The summed E-state index contributed by atoms with van der Waals surface area (Å²) in [5, 5.41) is 11.4. The van der Waals surface area contributed by atoms with Crippen molar-refractivity contribution >= 4 is 17.4 Å². The first kappa shape index (κ1) is 29.6. The van der Waals surface area contributed by atoms with Crippen LogP contribution in [-0.4, -0.2) is 79.2 Å². The highest BCUT2D eigenvalue weighted by molar-refractivity contribution is 6.46. The number of ketones is 1. The van der Waals surface area contributed by atoms with Crippen LogP contribution in [0.5, 0.6) is 11.5 Å². The van der Waals surface area contributed by atoms with Crippen LogP contribution in [0.2, 0.25) is 0 Å². The Morgan fingerprint density at radius 3 is 2.00 bits per heavy atom. The van der Waals surface area contributed by atoms with E-state index in [2.05, 4.69) is 18.7 Å². The summed E-state index contributed by atoms with van der Waals surface area (Å²) in [5.41, 5.74) is 1.34. The molecule has 2 aliphatic rings. The van der Waals surface area contributed by atoms with Gasteiger partial charge in [0.1, 0.15) is 17.3 Å². The van der Waals surface area contributed by atoms with Gasteiger partial charge >= 0.3 is 0 Å². The van der Waals surface area contributed by atoms with Gasteiger partial charge in [-0.15, -0.1) is 0 Å². The Kier molecular flexibility index (Phi) is 11.0. The standard InChI is InChI=1S/C32H42N2O6/c1-3-5-20-39-26-12-8-24(9-13-26)29-28(30(35)25-10-14-27(15-11-25)40-21-6-4-2)31(36)32(37)34(29)17-7-16-33-18-22-38-23-19-33/h8-15,29,35H,3-7,16-23H2,1-2H3/b30-28+. The van der Waals surface area contributed by atoms with Crippen molar-refractivity contribution in [3.8, 4) is 11.5 Å². The van der Waals surface area contributed by atoms with Crippen LogP contribution in [0, 0.1) is 0 Å². The van der Waals surface area contributed by atoms with E-state index in [1.807, 2.05) is 24.3 Å². The molecule has 8 heteroatoms. The number of morpholine rings is 1. The number of hydrogen-bond acceptors (Lipinski definition) is 7. The lowest BCUT2D eigenvalue weighted by Gasteiger charge is -2.29. The van der Waals surface area contributed by atoms with Gasteiger partial charge in [-0.25, -0.2) is 0 Å². The van der Waals surface area contributed by atoms with Gasteiger partial charge in [0.15, 0.2) is 0 Å². The van der Waals surface area contributed by atoms with Gasteiger partial charge in [-0.1, -0.05) is 38.8 Å². The number of aliphatic hydroxyl groups is 1. The lowest BCUT2D eigenvalue weighted by Crippen LogP contribution is -2.38. The molecule has 1 N–H and O–H groups in total. The molecule has 2 saturated heterocycles. The largest absolute Gasteiger partial charge is 0.507 e. The Labute approximate surface area is 237 Å². The molecule has 40 heavy (non-hydrogen) atoms. The molecule has 2 aromatic carbocycles. The van der Waals surface area contributed by atoms with Crippen molar-refractivity contribution < 1.29 is 28.9 Å². The smallest absolute Gasteiger partial charge is 0.295 e. The number of nitrogens with zero attached hydrogens (tertiary/aromatic N) is 2. The fraction of sp³-hybridized carbons (Fsp3) is 0.500. The summed E-state index contributed by atoms with van der Waals surface area (Å²) >= 11 is 0. The lowest BCUT2D eigenvalue weighted by molar-refractivity contribution is -0.140. The number of aliphatic hydroxyl groups excluding tert-OH is 1. The number of carbonyl (C=O) groups is 2. The highest BCUT2D eigenvalue weighted by Crippen LogP contribution is 2.40. The van der Waals surface area contributed by atoms with Crippen LogP contribution in [-0.2, 0) is 14.3 Å². The van der Waals surface area contributed by atoms with E-state index in [4.69, 9.17) is 14.2 Å². The Hall–Kier alpha value is -3.36. The topological polar surface area (TPSA) is 88.5 Å². The molecule has 1 amide bonds. The summed E-state index contributed by atoms with van der Waals surface area (Å²) in [5.74, 6) is 0.00283. The number of ether oxygens (including phenoxy) is 3. The molecule has 0 aliphatic carbocycles. The van der Waals surface area contributed by atoms with E-state index in [1.54, 1.807) is 29.2 Å². The van der Waals surface area contributed by atoms with Gasteiger partial charge in [-0.2, -0.15) is 0 Å². The number of hydrogen-bond donors (Lipinski definition) is 1. The number of rotatable bonds is 14. The molecule has 1 atom stereocenters. The number of unbranched alkanes of at least 4 members (excludes halogenated alkanes) is 2. The number of amides is 1. The molecule has 2 fully saturated rings. The van der Waals surface area contributed by atoms with E-state index in [1.165, 1.54) is 0 Å². The van der Waals surface area contributed by atoms with Gasteiger partial charge in [-0.05, 0) is 61.2 Å². The lowest BCUT2D eigenvalue weighted by atomic mass is 9.95. The number of benzene rings is 2. The van der Waals surface area contributed by atoms with Gasteiger partial charge in [0.2, 0.25) is 0 Å². The Balaban J connectivity index is 1.60. The normalized spacial score (nSPS) is 19.2. The number of Topliss-reactive ketones (excluding diaryl/α,β-unsaturated/α-hetero) is 1. The van der Waals surface area contributed by atoms with Crippen LogP contribution in [0.3, 0.4) is 0 Å². The van der Waals surface area contributed by atoms with Gasteiger partial charge in [0, 0.05) is 31.7 Å². The van der Waals surface area contributed by atoms with Crippen LogP contribution >= 0.6 is 0 Å². The quantitative estimate of drug-likeness (QED) is 0.150. The number of likely N-dealkylation sites (tertiary alicyclic amines) is 1. The molecule has 0 bridgehead atoms. The maximum atomic E-state index is 13.4. The van der Waals surface area contributed by atoms with Crippen molar-refractivity contribution in [2.45, 2.75) is 52.0 Å². The molecule has 216 valence electrons. The molecule has 1 unspecified atom stereocenters. The van der Waals surface area contributed by atoms with Gasteiger partial charge < -0.3 is 24.2 Å². The van der Waals surface area contributed by atoms with E-state index >= 15 is 0 Å².